The third kappa shape index (κ3) is 2.56. The van der Waals surface area contributed by atoms with E-state index >= 15 is 0 Å². The van der Waals surface area contributed by atoms with Crippen molar-refractivity contribution in [3.05, 3.63) is 46.8 Å². The van der Waals surface area contributed by atoms with Crippen molar-refractivity contribution in [2.75, 3.05) is 0 Å². The minimum Gasteiger partial charge on any atom is -0.481 e. The van der Waals surface area contributed by atoms with Crippen LogP contribution < -0.4 is 0 Å². The molecule has 1 aromatic heterocycles. The zero-order chi connectivity index (χ0) is 12.4. The van der Waals surface area contributed by atoms with E-state index in [1.54, 1.807) is 18.3 Å². The molecule has 0 radical (unpaired) electrons. The van der Waals surface area contributed by atoms with Gasteiger partial charge >= 0.3 is 5.97 Å². The molecule has 17 heavy (non-hydrogen) atoms. The van der Waals surface area contributed by atoms with E-state index in [2.05, 4.69) is 31.2 Å². The highest BCUT2D eigenvalue weighted by Crippen LogP contribution is 2.32. The predicted octanol–water partition coefficient (Wildman–Crippen LogP) is 3.91. The number of benzene rings is 1. The number of rotatable bonds is 3. The maximum absolute atomic E-state index is 10.9. The van der Waals surface area contributed by atoms with E-state index in [0.29, 0.717) is 0 Å². The van der Waals surface area contributed by atoms with Gasteiger partial charge in [0.15, 0.2) is 0 Å². The summed E-state index contributed by atoms with van der Waals surface area (Å²) in [4.78, 5) is 12.9. The summed E-state index contributed by atoms with van der Waals surface area (Å²) >= 11 is 1.55. The second kappa shape index (κ2) is 4.72. The summed E-state index contributed by atoms with van der Waals surface area (Å²) in [5.74, 6) is -1.21. The van der Waals surface area contributed by atoms with Crippen molar-refractivity contribution in [1.82, 2.24) is 0 Å². The van der Waals surface area contributed by atoms with Crippen molar-refractivity contribution in [1.29, 1.82) is 0 Å². The summed E-state index contributed by atoms with van der Waals surface area (Å²) in [5.41, 5.74) is 2.37. The molecule has 0 aliphatic heterocycles. The molecule has 1 heterocycles. The van der Waals surface area contributed by atoms with Gasteiger partial charge in [-0.25, -0.2) is 0 Å². The zero-order valence-electron chi connectivity index (χ0n) is 9.81. The first-order valence-electron chi connectivity index (χ1n) is 5.47. The largest absolute Gasteiger partial charge is 0.481 e. The molecule has 1 aromatic carbocycles. The van der Waals surface area contributed by atoms with Gasteiger partial charge in [0.05, 0.1) is 5.92 Å². The molecule has 0 fully saturated rings. The van der Waals surface area contributed by atoms with Gasteiger partial charge in [-0.05, 0) is 31.5 Å². The molecule has 0 saturated heterocycles. The second-order valence-corrected chi connectivity index (χ2v) is 5.24. The molecule has 0 amide bonds. The van der Waals surface area contributed by atoms with Crippen molar-refractivity contribution in [2.24, 2.45) is 0 Å². The lowest BCUT2D eigenvalue weighted by Crippen LogP contribution is -2.04. The fourth-order valence-electron chi connectivity index (χ4n) is 1.58. The Morgan fingerprint density at radius 2 is 1.82 bits per heavy atom. The molecule has 88 valence electrons. The molecule has 1 unspecified atom stereocenters. The molecular weight excluding hydrogens is 232 g/mol. The van der Waals surface area contributed by atoms with E-state index in [1.165, 1.54) is 5.56 Å². The molecule has 2 nitrogen and oxygen atoms in total. The summed E-state index contributed by atoms with van der Waals surface area (Å²) in [6, 6.07) is 12.2. The Morgan fingerprint density at radius 3 is 2.41 bits per heavy atom. The number of thiophene rings is 1. The average molecular weight is 246 g/mol. The van der Waals surface area contributed by atoms with Gasteiger partial charge in [0.2, 0.25) is 0 Å². The van der Waals surface area contributed by atoms with Crippen LogP contribution in [0.2, 0.25) is 0 Å². The topological polar surface area (TPSA) is 37.3 Å². The second-order valence-electron chi connectivity index (χ2n) is 4.13. The smallest absolute Gasteiger partial charge is 0.311 e. The third-order valence-electron chi connectivity index (χ3n) is 2.76. The van der Waals surface area contributed by atoms with E-state index in [-0.39, 0.29) is 0 Å². The van der Waals surface area contributed by atoms with Gasteiger partial charge in [0.25, 0.3) is 0 Å². The molecule has 0 aliphatic carbocycles. The first kappa shape index (κ1) is 11.9. The standard InChI is InChI=1S/C14H14O2S/c1-9-3-5-11(6-4-9)13-8-7-12(17-13)10(2)14(15)16/h3-8,10H,1-2H3,(H,15,16). The van der Waals surface area contributed by atoms with Gasteiger partial charge in [-0.2, -0.15) is 0 Å². The number of carboxylic acids is 1. The predicted molar refractivity (Wildman–Crippen MR) is 70.5 cm³/mol. The van der Waals surface area contributed by atoms with E-state index in [0.717, 1.165) is 15.3 Å². The van der Waals surface area contributed by atoms with E-state index in [9.17, 15) is 4.79 Å². The summed E-state index contributed by atoms with van der Waals surface area (Å²) in [5, 5.41) is 8.96. The lowest BCUT2D eigenvalue weighted by atomic mass is 10.1. The third-order valence-corrected chi connectivity index (χ3v) is 4.08. The van der Waals surface area contributed by atoms with Gasteiger partial charge < -0.3 is 5.11 Å². The van der Waals surface area contributed by atoms with Crippen LogP contribution in [-0.4, -0.2) is 11.1 Å². The SMILES string of the molecule is Cc1ccc(-c2ccc(C(C)C(=O)O)s2)cc1. The molecule has 0 bridgehead atoms. The van der Waals surface area contributed by atoms with Crippen LogP contribution in [-0.2, 0) is 4.79 Å². The molecule has 2 aromatic rings. The minimum absolute atomic E-state index is 0.431. The molecule has 0 saturated carbocycles. The quantitative estimate of drug-likeness (QED) is 0.891. The zero-order valence-corrected chi connectivity index (χ0v) is 10.6. The summed E-state index contributed by atoms with van der Waals surface area (Å²) in [7, 11) is 0. The van der Waals surface area contributed by atoms with Crippen LogP contribution in [0.3, 0.4) is 0 Å². The van der Waals surface area contributed by atoms with Gasteiger partial charge in [0.1, 0.15) is 0 Å². The molecule has 1 atom stereocenters. The molecule has 0 aliphatic rings. The summed E-state index contributed by atoms with van der Waals surface area (Å²) in [6.45, 7) is 3.77. The molecule has 0 spiro atoms. The number of carbonyl (C=O) groups is 1. The van der Waals surface area contributed by atoms with E-state index < -0.39 is 11.9 Å². The number of hydrogen-bond acceptors (Lipinski definition) is 2. The maximum atomic E-state index is 10.9. The molecular formula is C14H14O2S. The minimum atomic E-state index is -0.776. The van der Waals surface area contributed by atoms with Crippen molar-refractivity contribution in [3.63, 3.8) is 0 Å². The van der Waals surface area contributed by atoms with Crippen LogP contribution in [0.4, 0.5) is 0 Å². The normalized spacial score (nSPS) is 12.4. The van der Waals surface area contributed by atoms with Crippen LogP contribution >= 0.6 is 11.3 Å². The van der Waals surface area contributed by atoms with Crippen molar-refractivity contribution in [3.8, 4) is 10.4 Å². The first-order valence-corrected chi connectivity index (χ1v) is 6.29. The first-order chi connectivity index (χ1) is 8.08. The Balaban J connectivity index is 2.29. The van der Waals surface area contributed by atoms with Crippen LogP contribution in [0, 0.1) is 6.92 Å². The Morgan fingerprint density at radius 1 is 1.18 bits per heavy atom. The average Bonchev–Trinajstić information content (AvgIpc) is 2.78. The summed E-state index contributed by atoms with van der Waals surface area (Å²) in [6.07, 6.45) is 0. The monoisotopic (exact) mass is 246 g/mol. The number of carboxylic acid groups (broad SMARTS) is 1. The summed E-state index contributed by atoms with van der Waals surface area (Å²) < 4.78 is 0. The van der Waals surface area contributed by atoms with Gasteiger partial charge in [-0.3, -0.25) is 4.79 Å². The highest BCUT2D eigenvalue weighted by atomic mass is 32.1. The molecule has 1 N–H and O–H groups in total. The number of aliphatic carboxylic acids is 1. The fraction of sp³-hybridized carbons (Fsp3) is 0.214. The molecule has 3 heteroatoms. The molecule has 2 rings (SSSR count). The van der Waals surface area contributed by atoms with Crippen LogP contribution in [0.25, 0.3) is 10.4 Å². The van der Waals surface area contributed by atoms with Crippen LogP contribution in [0.15, 0.2) is 36.4 Å². The maximum Gasteiger partial charge on any atom is 0.311 e. The van der Waals surface area contributed by atoms with Gasteiger partial charge in [-0.1, -0.05) is 29.8 Å². The fourth-order valence-corrected chi connectivity index (χ4v) is 2.64. The van der Waals surface area contributed by atoms with Crippen LogP contribution in [0.1, 0.15) is 23.3 Å². The number of hydrogen-bond donors (Lipinski definition) is 1. The van der Waals surface area contributed by atoms with Crippen molar-refractivity contribution in [2.45, 2.75) is 19.8 Å². The highest BCUT2D eigenvalue weighted by Gasteiger charge is 2.16. The number of aryl methyl sites for hydroxylation is 1. The Bertz CT molecular complexity index is 525. The van der Waals surface area contributed by atoms with Crippen molar-refractivity contribution < 1.29 is 9.90 Å². The van der Waals surface area contributed by atoms with Gasteiger partial charge in [-0.15, -0.1) is 11.3 Å². The Kier molecular flexibility index (Phi) is 3.29. The Hall–Kier alpha value is -1.61. The van der Waals surface area contributed by atoms with E-state index in [1.807, 2.05) is 12.1 Å². The lowest BCUT2D eigenvalue weighted by Gasteiger charge is -2.01. The van der Waals surface area contributed by atoms with Crippen molar-refractivity contribution >= 4 is 17.3 Å². The van der Waals surface area contributed by atoms with Gasteiger partial charge in [0, 0.05) is 9.75 Å². The lowest BCUT2D eigenvalue weighted by molar-refractivity contribution is -0.138. The van der Waals surface area contributed by atoms with Crippen LogP contribution in [0.5, 0.6) is 0 Å². The highest BCUT2D eigenvalue weighted by molar-refractivity contribution is 7.15. The van der Waals surface area contributed by atoms with E-state index in [4.69, 9.17) is 5.11 Å². The Labute approximate surface area is 105 Å².